The lowest BCUT2D eigenvalue weighted by molar-refractivity contribution is 0.498. The Bertz CT molecular complexity index is 356. The summed E-state index contributed by atoms with van der Waals surface area (Å²) in [6, 6.07) is -0.00231. The van der Waals surface area contributed by atoms with Crippen molar-refractivity contribution in [2.45, 2.75) is 12.5 Å². The topological polar surface area (TPSA) is 64.8 Å². The number of rotatable bonds is 1. The van der Waals surface area contributed by atoms with Crippen molar-refractivity contribution < 1.29 is 8.42 Å². The fraction of sp³-hybridized carbons (Fsp3) is 0.667. The molecule has 1 aromatic heterocycles. The van der Waals surface area contributed by atoms with Crippen molar-refractivity contribution in [1.29, 1.82) is 0 Å². The molecule has 0 radical (unpaired) electrons. The highest BCUT2D eigenvalue weighted by Gasteiger charge is 2.29. The van der Waals surface area contributed by atoms with E-state index in [1.807, 2.05) is 0 Å². The van der Waals surface area contributed by atoms with Gasteiger partial charge in [-0.1, -0.05) is 0 Å². The first-order valence-corrected chi connectivity index (χ1v) is 5.54. The summed E-state index contributed by atoms with van der Waals surface area (Å²) in [5, 5.41) is 3.90. The molecular weight excluding hydrogens is 178 g/mol. The van der Waals surface area contributed by atoms with Gasteiger partial charge in [-0.15, -0.1) is 0 Å². The molecule has 1 aliphatic rings. The van der Waals surface area contributed by atoms with Gasteiger partial charge >= 0.3 is 0 Å². The minimum Gasteiger partial charge on any atom is -0.249 e. The SMILES string of the molecule is O=S1(=O)CCC(n2cncn2)C1. The Labute approximate surface area is 70.3 Å². The molecule has 66 valence electrons. The average molecular weight is 187 g/mol. The van der Waals surface area contributed by atoms with Crippen LogP contribution in [0.4, 0.5) is 0 Å². The van der Waals surface area contributed by atoms with Gasteiger partial charge in [-0.05, 0) is 6.42 Å². The summed E-state index contributed by atoms with van der Waals surface area (Å²) in [4.78, 5) is 3.77. The van der Waals surface area contributed by atoms with Crippen LogP contribution in [-0.4, -0.2) is 34.7 Å². The summed E-state index contributed by atoms with van der Waals surface area (Å²) in [5.74, 6) is 0.480. The fourth-order valence-electron chi connectivity index (χ4n) is 1.39. The van der Waals surface area contributed by atoms with Gasteiger partial charge < -0.3 is 0 Å². The predicted molar refractivity (Wildman–Crippen MR) is 42.3 cm³/mol. The Morgan fingerprint density at radius 1 is 1.50 bits per heavy atom. The molecule has 1 aliphatic heterocycles. The third kappa shape index (κ3) is 1.34. The molecule has 0 amide bonds. The monoisotopic (exact) mass is 187 g/mol. The first kappa shape index (κ1) is 7.72. The van der Waals surface area contributed by atoms with Crippen LogP contribution in [0.3, 0.4) is 0 Å². The molecule has 1 saturated heterocycles. The fourth-order valence-corrected chi connectivity index (χ4v) is 3.09. The second-order valence-corrected chi connectivity index (χ2v) is 5.16. The maximum atomic E-state index is 11.1. The van der Waals surface area contributed by atoms with Gasteiger partial charge in [0.2, 0.25) is 0 Å². The molecule has 0 saturated carbocycles. The van der Waals surface area contributed by atoms with E-state index in [2.05, 4.69) is 10.1 Å². The Morgan fingerprint density at radius 2 is 2.33 bits per heavy atom. The van der Waals surface area contributed by atoms with Crippen molar-refractivity contribution in [3.8, 4) is 0 Å². The van der Waals surface area contributed by atoms with Gasteiger partial charge in [-0.25, -0.2) is 18.1 Å². The minimum absolute atomic E-state index is 0.00231. The zero-order chi connectivity index (χ0) is 8.60. The smallest absolute Gasteiger partial charge is 0.152 e. The maximum absolute atomic E-state index is 11.1. The Hall–Kier alpha value is -0.910. The second kappa shape index (κ2) is 2.55. The zero-order valence-electron chi connectivity index (χ0n) is 6.42. The lowest BCUT2D eigenvalue weighted by Gasteiger charge is -2.05. The standard InChI is InChI=1S/C6H9N3O2S/c10-12(11)2-1-6(3-12)9-5-7-4-8-9/h4-6H,1-3H2. The first-order chi connectivity index (χ1) is 5.67. The lowest BCUT2D eigenvalue weighted by Crippen LogP contribution is -2.11. The van der Waals surface area contributed by atoms with Crippen LogP contribution in [0.5, 0.6) is 0 Å². The Balaban J connectivity index is 2.21. The highest BCUT2D eigenvalue weighted by atomic mass is 32.2. The lowest BCUT2D eigenvalue weighted by atomic mass is 10.3. The Kier molecular flexibility index (Phi) is 1.64. The number of hydrogen-bond donors (Lipinski definition) is 0. The summed E-state index contributed by atoms with van der Waals surface area (Å²) >= 11 is 0. The van der Waals surface area contributed by atoms with Crippen molar-refractivity contribution in [1.82, 2.24) is 14.8 Å². The van der Waals surface area contributed by atoms with Gasteiger partial charge in [0.05, 0.1) is 17.5 Å². The van der Waals surface area contributed by atoms with E-state index in [0.29, 0.717) is 6.42 Å². The van der Waals surface area contributed by atoms with Crippen molar-refractivity contribution in [3.05, 3.63) is 12.7 Å². The Morgan fingerprint density at radius 3 is 2.83 bits per heavy atom. The summed E-state index contributed by atoms with van der Waals surface area (Å²) in [6.07, 6.45) is 3.64. The van der Waals surface area contributed by atoms with Gasteiger partial charge in [0.25, 0.3) is 0 Å². The number of aromatic nitrogens is 3. The van der Waals surface area contributed by atoms with Crippen LogP contribution in [0.2, 0.25) is 0 Å². The molecule has 1 fully saturated rings. The van der Waals surface area contributed by atoms with E-state index in [1.54, 1.807) is 11.0 Å². The molecule has 6 heteroatoms. The van der Waals surface area contributed by atoms with Crippen LogP contribution in [0.15, 0.2) is 12.7 Å². The summed E-state index contributed by atoms with van der Waals surface area (Å²) in [5.41, 5.74) is 0. The second-order valence-electron chi connectivity index (χ2n) is 2.93. The quantitative estimate of drug-likeness (QED) is 0.602. The van der Waals surface area contributed by atoms with Gasteiger partial charge in [-0.3, -0.25) is 0 Å². The molecule has 1 atom stereocenters. The average Bonchev–Trinajstić information content (AvgIpc) is 2.55. The zero-order valence-corrected chi connectivity index (χ0v) is 7.24. The normalized spacial score (nSPS) is 27.5. The van der Waals surface area contributed by atoms with Gasteiger partial charge in [0.1, 0.15) is 12.7 Å². The molecule has 0 aliphatic carbocycles. The third-order valence-corrected chi connectivity index (χ3v) is 3.77. The molecule has 0 bridgehead atoms. The molecule has 1 aromatic rings. The number of nitrogens with zero attached hydrogens (tertiary/aromatic N) is 3. The molecule has 12 heavy (non-hydrogen) atoms. The van der Waals surface area contributed by atoms with Crippen LogP contribution < -0.4 is 0 Å². The van der Waals surface area contributed by atoms with Crippen LogP contribution in [0.25, 0.3) is 0 Å². The van der Waals surface area contributed by atoms with E-state index >= 15 is 0 Å². The highest BCUT2D eigenvalue weighted by molar-refractivity contribution is 7.91. The summed E-state index contributed by atoms with van der Waals surface area (Å²) in [7, 11) is -2.81. The van der Waals surface area contributed by atoms with E-state index in [1.165, 1.54) is 6.33 Å². The van der Waals surface area contributed by atoms with E-state index in [4.69, 9.17) is 0 Å². The van der Waals surface area contributed by atoms with Gasteiger partial charge in [0.15, 0.2) is 9.84 Å². The van der Waals surface area contributed by atoms with E-state index in [0.717, 1.165) is 0 Å². The van der Waals surface area contributed by atoms with Crippen LogP contribution in [0, 0.1) is 0 Å². The van der Waals surface area contributed by atoms with Crippen LogP contribution >= 0.6 is 0 Å². The molecular formula is C6H9N3O2S. The van der Waals surface area contributed by atoms with Crippen molar-refractivity contribution >= 4 is 9.84 Å². The van der Waals surface area contributed by atoms with Crippen molar-refractivity contribution in [2.24, 2.45) is 0 Å². The largest absolute Gasteiger partial charge is 0.249 e. The molecule has 2 heterocycles. The minimum atomic E-state index is -2.81. The molecule has 2 rings (SSSR count). The third-order valence-electron chi connectivity index (χ3n) is 2.02. The molecule has 0 spiro atoms. The van der Waals surface area contributed by atoms with Crippen molar-refractivity contribution in [3.63, 3.8) is 0 Å². The van der Waals surface area contributed by atoms with Crippen LogP contribution in [0.1, 0.15) is 12.5 Å². The highest BCUT2D eigenvalue weighted by Crippen LogP contribution is 2.21. The van der Waals surface area contributed by atoms with E-state index in [-0.39, 0.29) is 17.5 Å². The first-order valence-electron chi connectivity index (χ1n) is 3.72. The predicted octanol–water partition coefficient (Wildman–Crippen LogP) is -0.362. The summed E-state index contributed by atoms with van der Waals surface area (Å²) < 4.78 is 23.8. The summed E-state index contributed by atoms with van der Waals surface area (Å²) in [6.45, 7) is 0. The molecule has 5 nitrogen and oxygen atoms in total. The molecule has 1 unspecified atom stereocenters. The maximum Gasteiger partial charge on any atom is 0.152 e. The van der Waals surface area contributed by atoms with E-state index < -0.39 is 9.84 Å². The molecule has 0 aromatic carbocycles. The van der Waals surface area contributed by atoms with Gasteiger partial charge in [0, 0.05) is 0 Å². The van der Waals surface area contributed by atoms with Crippen LogP contribution in [-0.2, 0) is 9.84 Å². The van der Waals surface area contributed by atoms with E-state index in [9.17, 15) is 8.42 Å². The molecule has 0 N–H and O–H groups in total. The van der Waals surface area contributed by atoms with Crippen molar-refractivity contribution in [2.75, 3.05) is 11.5 Å². The number of sulfone groups is 1. The number of hydrogen-bond acceptors (Lipinski definition) is 4. The van der Waals surface area contributed by atoms with Gasteiger partial charge in [-0.2, -0.15) is 5.10 Å².